The quantitative estimate of drug-likeness (QED) is 0.783. The predicted molar refractivity (Wildman–Crippen MR) is 108 cm³/mol. The van der Waals surface area contributed by atoms with Crippen molar-refractivity contribution in [3.05, 3.63) is 29.8 Å². The fraction of sp³-hybridized carbons (Fsp3) is 0.600. The summed E-state index contributed by atoms with van der Waals surface area (Å²) in [5.41, 5.74) is 0.190. The Morgan fingerprint density at radius 1 is 1.10 bits per heavy atom. The molecule has 0 aromatic heterocycles. The van der Waals surface area contributed by atoms with Crippen LogP contribution in [-0.4, -0.2) is 68.5 Å². The number of nitrogens with one attached hydrogen (secondary N) is 1. The van der Waals surface area contributed by atoms with Gasteiger partial charge >= 0.3 is 6.09 Å². The lowest BCUT2D eigenvalue weighted by molar-refractivity contribution is 0.0682. The van der Waals surface area contributed by atoms with Gasteiger partial charge in [0.05, 0.1) is 17.1 Å². The first-order chi connectivity index (χ1) is 13.9. The van der Waals surface area contributed by atoms with Gasteiger partial charge in [0.2, 0.25) is 10.0 Å². The third-order valence-electron chi connectivity index (χ3n) is 5.36. The minimum Gasteiger partial charge on any atom is -0.450 e. The fourth-order valence-electron chi connectivity index (χ4n) is 3.90. The van der Waals surface area contributed by atoms with Crippen LogP contribution in [0.1, 0.15) is 49.4 Å². The maximum atomic E-state index is 13.2. The summed E-state index contributed by atoms with van der Waals surface area (Å²) < 4.78 is 32.7. The van der Waals surface area contributed by atoms with Crippen LogP contribution in [0.15, 0.2) is 29.2 Å². The molecule has 2 fully saturated rings. The summed E-state index contributed by atoms with van der Waals surface area (Å²) in [6.45, 7) is 3.84. The predicted octanol–water partition coefficient (Wildman–Crippen LogP) is 2.21. The molecule has 1 unspecified atom stereocenters. The topological polar surface area (TPSA) is 96.0 Å². The Bertz CT molecular complexity index is 836. The molecule has 160 valence electrons. The summed E-state index contributed by atoms with van der Waals surface area (Å²) in [5, 5.41) is 2.77. The summed E-state index contributed by atoms with van der Waals surface area (Å²) in [4.78, 5) is 26.6. The number of amides is 2. The van der Waals surface area contributed by atoms with Crippen molar-refractivity contribution < 1.29 is 22.7 Å². The van der Waals surface area contributed by atoms with Crippen molar-refractivity contribution in [1.29, 1.82) is 0 Å². The van der Waals surface area contributed by atoms with Crippen LogP contribution in [-0.2, 0) is 14.8 Å². The number of alkyl carbamates (subject to hydrolysis) is 1. The molecule has 8 nitrogen and oxygen atoms in total. The third-order valence-corrected chi connectivity index (χ3v) is 7.31. The minimum atomic E-state index is -3.72. The van der Waals surface area contributed by atoms with Crippen molar-refractivity contribution in [2.24, 2.45) is 0 Å². The fourth-order valence-corrected chi connectivity index (χ4v) is 5.60. The second-order valence-corrected chi connectivity index (χ2v) is 9.32. The Kier molecular flexibility index (Phi) is 7.13. The molecule has 2 heterocycles. The van der Waals surface area contributed by atoms with E-state index in [1.807, 2.05) is 0 Å². The van der Waals surface area contributed by atoms with Crippen LogP contribution in [0.3, 0.4) is 0 Å². The number of benzene rings is 1. The van der Waals surface area contributed by atoms with E-state index in [0.717, 1.165) is 32.1 Å². The molecule has 2 aliphatic heterocycles. The van der Waals surface area contributed by atoms with E-state index in [0.29, 0.717) is 26.2 Å². The van der Waals surface area contributed by atoms with E-state index in [1.54, 1.807) is 30.0 Å². The van der Waals surface area contributed by atoms with E-state index in [-0.39, 0.29) is 29.0 Å². The van der Waals surface area contributed by atoms with Gasteiger partial charge < -0.3 is 15.0 Å². The Morgan fingerprint density at radius 3 is 2.55 bits per heavy atom. The normalized spacial score (nSPS) is 20.9. The molecular weight excluding hydrogens is 394 g/mol. The highest BCUT2D eigenvalue weighted by atomic mass is 32.2. The molecule has 1 N–H and O–H groups in total. The van der Waals surface area contributed by atoms with Gasteiger partial charge in [0.15, 0.2) is 0 Å². The lowest BCUT2D eigenvalue weighted by Crippen LogP contribution is -2.50. The Labute approximate surface area is 172 Å². The van der Waals surface area contributed by atoms with Crippen molar-refractivity contribution in [3.8, 4) is 0 Å². The van der Waals surface area contributed by atoms with Crippen LogP contribution >= 0.6 is 0 Å². The average molecular weight is 424 g/mol. The average Bonchev–Trinajstić information content (AvgIpc) is 2.74. The van der Waals surface area contributed by atoms with E-state index in [2.05, 4.69) is 5.32 Å². The molecule has 1 atom stereocenters. The molecule has 2 aliphatic rings. The van der Waals surface area contributed by atoms with Crippen molar-refractivity contribution in [1.82, 2.24) is 14.5 Å². The zero-order chi connectivity index (χ0) is 20.9. The molecule has 1 aromatic carbocycles. The van der Waals surface area contributed by atoms with E-state index in [4.69, 9.17) is 4.74 Å². The van der Waals surface area contributed by atoms with Gasteiger partial charge in [0.1, 0.15) is 0 Å². The molecule has 0 aliphatic carbocycles. The van der Waals surface area contributed by atoms with Crippen LogP contribution in [0.2, 0.25) is 0 Å². The third kappa shape index (κ3) is 5.08. The van der Waals surface area contributed by atoms with Gasteiger partial charge in [-0.2, -0.15) is 4.31 Å². The number of rotatable bonds is 5. The molecule has 9 heteroatoms. The maximum Gasteiger partial charge on any atom is 0.407 e. The molecule has 0 spiro atoms. The van der Waals surface area contributed by atoms with Crippen molar-refractivity contribution in [2.75, 3.05) is 32.8 Å². The van der Waals surface area contributed by atoms with E-state index >= 15 is 0 Å². The van der Waals surface area contributed by atoms with E-state index in [1.165, 1.54) is 10.4 Å². The monoisotopic (exact) mass is 423 g/mol. The molecule has 1 aromatic rings. The number of ether oxygens (including phenoxy) is 1. The van der Waals surface area contributed by atoms with Gasteiger partial charge in [-0.3, -0.25) is 4.79 Å². The molecule has 2 amide bonds. The van der Waals surface area contributed by atoms with Crippen molar-refractivity contribution >= 4 is 22.0 Å². The van der Waals surface area contributed by atoms with Gasteiger partial charge in [0, 0.05) is 32.2 Å². The molecule has 0 saturated carbocycles. The Hall–Kier alpha value is -2.13. The van der Waals surface area contributed by atoms with Gasteiger partial charge in [0.25, 0.3) is 5.91 Å². The first-order valence-electron chi connectivity index (χ1n) is 10.2. The first kappa shape index (κ1) is 21.6. The minimum absolute atomic E-state index is 0.0624. The highest BCUT2D eigenvalue weighted by Gasteiger charge is 2.32. The zero-order valence-corrected chi connectivity index (χ0v) is 17.6. The summed E-state index contributed by atoms with van der Waals surface area (Å²) >= 11 is 0. The number of hydrogen-bond donors (Lipinski definition) is 1. The lowest BCUT2D eigenvalue weighted by atomic mass is 10.0. The van der Waals surface area contributed by atoms with Crippen LogP contribution < -0.4 is 5.32 Å². The maximum absolute atomic E-state index is 13.2. The molecule has 3 rings (SSSR count). The first-order valence-corrected chi connectivity index (χ1v) is 11.7. The van der Waals surface area contributed by atoms with E-state index in [9.17, 15) is 18.0 Å². The Morgan fingerprint density at radius 2 is 1.83 bits per heavy atom. The van der Waals surface area contributed by atoms with Crippen molar-refractivity contribution in [3.63, 3.8) is 0 Å². The summed E-state index contributed by atoms with van der Waals surface area (Å²) in [5.74, 6) is -0.323. The van der Waals surface area contributed by atoms with Gasteiger partial charge in [-0.1, -0.05) is 18.6 Å². The molecule has 29 heavy (non-hydrogen) atoms. The highest BCUT2D eigenvalue weighted by Crippen LogP contribution is 2.25. The molecular formula is C20H29N3O5S. The van der Waals surface area contributed by atoms with E-state index < -0.39 is 16.1 Å². The number of hydrogen-bond acceptors (Lipinski definition) is 5. The summed E-state index contributed by atoms with van der Waals surface area (Å²) in [7, 11) is -3.72. The number of carbonyl (C=O) groups is 2. The van der Waals surface area contributed by atoms with Gasteiger partial charge in [-0.15, -0.1) is 0 Å². The molecule has 0 bridgehead atoms. The van der Waals surface area contributed by atoms with Crippen LogP contribution in [0.25, 0.3) is 0 Å². The summed E-state index contributed by atoms with van der Waals surface area (Å²) in [6, 6.07) is 6.20. The number of carbonyl (C=O) groups excluding carboxylic acids is 2. The highest BCUT2D eigenvalue weighted by molar-refractivity contribution is 7.89. The number of nitrogens with zero attached hydrogens (tertiary/aromatic N) is 2. The molecule has 0 radical (unpaired) electrons. The number of piperidine rings is 2. The number of likely N-dealkylation sites (tertiary alicyclic amines) is 1. The second-order valence-electron chi connectivity index (χ2n) is 7.42. The van der Waals surface area contributed by atoms with Crippen molar-refractivity contribution in [2.45, 2.75) is 50.0 Å². The molecule has 2 saturated heterocycles. The van der Waals surface area contributed by atoms with Crippen LogP contribution in [0.4, 0.5) is 4.79 Å². The SMILES string of the molecule is CCOC(=O)NC1CCCN(C(=O)c2ccccc2S(=O)(=O)N2CCCCC2)C1. The van der Waals surface area contributed by atoms with Crippen LogP contribution in [0, 0.1) is 0 Å². The smallest absolute Gasteiger partial charge is 0.407 e. The zero-order valence-electron chi connectivity index (χ0n) is 16.8. The van der Waals surface area contributed by atoms with Gasteiger partial charge in [-0.05, 0) is 44.7 Å². The van der Waals surface area contributed by atoms with Crippen LogP contribution in [0.5, 0.6) is 0 Å². The largest absolute Gasteiger partial charge is 0.450 e. The van der Waals surface area contributed by atoms with Gasteiger partial charge in [-0.25, -0.2) is 13.2 Å². The Balaban J connectivity index is 1.78. The summed E-state index contributed by atoms with van der Waals surface area (Å²) in [6.07, 6.45) is 3.67. The second kappa shape index (κ2) is 9.58. The standard InChI is InChI=1S/C20H29N3O5S/c1-2-28-20(25)21-16-9-8-12-22(15-16)19(24)17-10-4-5-11-18(17)29(26,27)23-13-6-3-7-14-23/h4-5,10-11,16H,2-3,6-9,12-15H2,1H3,(H,21,25). The lowest BCUT2D eigenvalue weighted by Gasteiger charge is -2.33. The number of sulfonamides is 1.